The van der Waals surface area contributed by atoms with Crippen molar-refractivity contribution in [3.05, 3.63) is 39.0 Å². The fourth-order valence-corrected chi connectivity index (χ4v) is 3.72. The molecule has 5 nitrogen and oxygen atoms in total. The third kappa shape index (κ3) is 4.83. The van der Waals surface area contributed by atoms with Crippen LogP contribution in [0.2, 0.25) is 5.02 Å². The summed E-state index contributed by atoms with van der Waals surface area (Å²) in [4.78, 5) is 8.31. The van der Waals surface area contributed by atoms with Crippen molar-refractivity contribution in [3.63, 3.8) is 0 Å². The van der Waals surface area contributed by atoms with Gasteiger partial charge in [-0.3, -0.25) is 0 Å². The van der Waals surface area contributed by atoms with Gasteiger partial charge in [0.25, 0.3) is 0 Å². The lowest BCUT2D eigenvalue weighted by molar-refractivity contribution is -0.138. The van der Waals surface area contributed by atoms with E-state index in [1.54, 1.807) is 0 Å². The number of nitrogens with zero attached hydrogens (tertiary/aromatic N) is 2. The first-order valence-electron chi connectivity index (χ1n) is 8.34. The van der Waals surface area contributed by atoms with Crippen LogP contribution in [-0.2, 0) is 12.8 Å². The Kier molecular flexibility index (Phi) is 6.12. The van der Waals surface area contributed by atoms with E-state index in [0.717, 1.165) is 31.7 Å². The molecule has 0 unspecified atom stereocenters. The van der Waals surface area contributed by atoms with Crippen LogP contribution in [0.25, 0.3) is 0 Å². The zero-order valence-corrected chi connectivity index (χ0v) is 16.4. The number of hydrogen-bond acceptors (Lipinski definition) is 5. The molecule has 1 aromatic carbocycles. The Balaban J connectivity index is 1.88. The molecule has 3 N–H and O–H groups in total. The number of aliphatic hydroxyl groups is 1. The number of nitrogens with one attached hydrogen (secondary N) is 2. The molecule has 0 radical (unpaired) electrons. The summed E-state index contributed by atoms with van der Waals surface area (Å²) < 4.78 is 39.5. The second-order valence-electron chi connectivity index (χ2n) is 6.29. The predicted molar refractivity (Wildman–Crippen MR) is 101 cm³/mol. The number of aromatic nitrogens is 2. The predicted octanol–water partition coefficient (Wildman–Crippen LogP) is 5.50. The second-order valence-corrected chi connectivity index (χ2v) is 7.49. The van der Waals surface area contributed by atoms with Crippen molar-refractivity contribution in [1.29, 1.82) is 0 Å². The average Bonchev–Trinajstić information content (AvgIpc) is 3.11. The van der Waals surface area contributed by atoms with Crippen molar-refractivity contribution in [2.75, 3.05) is 10.6 Å². The fraction of sp³-hybridized carbons (Fsp3) is 0.412. The first-order valence-corrected chi connectivity index (χ1v) is 9.51. The van der Waals surface area contributed by atoms with Crippen LogP contribution < -0.4 is 10.6 Å². The van der Waals surface area contributed by atoms with E-state index in [0.29, 0.717) is 10.8 Å². The molecule has 1 aliphatic rings. The van der Waals surface area contributed by atoms with Crippen LogP contribution in [0.15, 0.2) is 22.8 Å². The van der Waals surface area contributed by atoms with Crippen molar-refractivity contribution >= 4 is 45.0 Å². The van der Waals surface area contributed by atoms with E-state index in [2.05, 4.69) is 36.5 Å². The molecule has 0 spiro atoms. The minimum absolute atomic E-state index is 0.102. The summed E-state index contributed by atoms with van der Waals surface area (Å²) in [6.07, 6.45) is 1.12. The van der Waals surface area contributed by atoms with Crippen molar-refractivity contribution in [3.8, 4) is 0 Å². The minimum atomic E-state index is -4.57. The summed E-state index contributed by atoms with van der Waals surface area (Å²) in [6, 6.07) is 2.61. The van der Waals surface area contributed by atoms with Crippen LogP contribution in [0.4, 0.5) is 30.6 Å². The lowest BCUT2D eigenvalue weighted by Gasteiger charge is -2.16. The van der Waals surface area contributed by atoms with Crippen molar-refractivity contribution in [2.45, 2.75) is 44.5 Å². The topological polar surface area (TPSA) is 70.1 Å². The largest absolute Gasteiger partial charge is 0.417 e. The number of aliphatic hydroxyl groups excluding tert-OH is 1. The second kappa shape index (κ2) is 8.20. The van der Waals surface area contributed by atoms with Gasteiger partial charge in [0, 0.05) is 16.2 Å². The Labute approximate surface area is 167 Å². The summed E-state index contributed by atoms with van der Waals surface area (Å²) in [6.45, 7) is -0.546. The molecule has 0 atom stereocenters. The molecule has 3 rings (SSSR count). The highest BCUT2D eigenvalue weighted by Crippen LogP contribution is 2.39. The number of alkyl halides is 3. The summed E-state index contributed by atoms with van der Waals surface area (Å²) in [7, 11) is 0. The highest BCUT2D eigenvalue weighted by Gasteiger charge is 2.34. The van der Waals surface area contributed by atoms with E-state index in [-0.39, 0.29) is 27.7 Å². The van der Waals surface area contributed by atoms with Gasteiger partial charge in [-0.05, 0) is 46.5 Å². The van der Waals surface area contributed by atoms with E-state index < -0.39 is 18.3 Å². The molecule has 1 fully saturated rings. The molecule has 2 aromatic rings. The quantitative estimate of drug-likeness (QED) is 0.544. The Morgan fingerprint density at radius 2 is 1.96 bits per heavy atom. The van der Waals surface area contributed by atoms with E-state index in [4.69, 9.17) is 11.6 Å². The molecule has 1 aliphatic carbocycles. The molecule has 146 valence electrons. The molecule has 1 saturated carbocycles. The van der Waals surface area contributed by atoms with Gasteiger partial charge < -0.3 is 15.7 Å². The summed E-state index contributed by atoms with van der Waals surface area (Å²) in [5.74, 6) is 0.552. The Hall–Kier alpha value is -1.58. The zero-order chi connectivity index (χ0) is 19.6. The monoisotopic (exact) mass is 464 g/mol. The molecule has 10 heteroatoms. The third-order valence-electron chi connectivity index (χ3n) is 4.32. The highest BCUT2D eigenvalue weighted by atomic mass is 79.9. The van der Waals surface area contributed by atoms with Crippen LogP contribution >= 0.6 is 27.5 Å². The standard InChI is InChI=1S/C17H17BrClF3N4O/c18-14-9(8-27)5-11(6-12(14)17(20,21)22)25-16-23-7-13(19)15(26-16)24-10-3-1-2-4-10/h5-7,10,27H,1-4,8H2,(H2,23,24,25,26). The van der Waals surface area contributed by atoms with Gasteiger partial charge in [0.15, 0.2) is 5.82 Å². The van der Waals surface area contributed by atoms with E-state index >= 15 is 0 Å². The molecular formula is C17H17BrClF3N4O. The van der Waals surface area contributed by atoms with Crippen molar-refractivity contribution in [2.24, 2.45) is 0 Å². The van der Waals surface area contributed by atoms with Crippen LogP contribution in [-0.4, -0.2) is 21.1 Å². The van der Waals surface area contributed by atoms with Crippen LogP contribution in [0.5, 0.6) is 0 Å². The first kappa shape index (κ1) is 20.2. The molecular weight excluding hydrogens is 449 g/mol. The van der Waals surface area contributed by atoms with Gasteiger partial charge in [-0.2, -0.15) is 18.2 Å². The average molecular weight is 466 g/mol. The maximum absolute atomic E-state index is 13.2. The normalized spacial score (nSPS) is 15.2. The van der Waals surface area contributed by atoms with Gasteiger partial charge in [-0.1, -0.05) is 24.4 Å². The van der Waals surface area contributed by atoms with Gasteiger partial charge in [-0.15, -0.1) is 0 Å². The van der Waals surface area contributed by atoms with Crippen LogP contribution in [0.1, 0.15) is 36.8 Å². The molecule has 1 aromatic heterocycles. The maximum Gasteiger partial charge on any atom is 0.417 e. The van der Waals surface area contributed by atoms with Gasteiger partial charge in [0.05, 0.1) is 18.4 Å². The first-order chi connectivity index (χ1) is 12.8. The van der Waals surface area contributed by atoms with Gasteiger partial charge in [0.1, 0.15) is 5.02 Å². The third-order valence-corrected chi connectivity index (χ3v) is 5.53. The number of hydrogen-bond donors (Lipinski definition) is 3. The number of benzene rings is 1. The number of anilines is 3. The molecule has 0 bridgehead atoms. The summed E-state index contributed by atoms with van der Waals surface area (Å²) >= 11 is 9.03. The number of rotatable bonds is 5. The van der Waals surface area contributed by atoms with Gasteiger partial charge in [0.2, 0.25) is 5.95 Å². The lowest BCUT2D eigenvalue weighted by atomic mass is 10.1. The Bertz CT molecular complexity index is 829. The fourth-order valence-electron chi connectivity index (χ4n) is 3.00. The van der Waals surface area contributed by atoms with Crippen molar-refractivity contribution in [1.82, 2.24) is 9.97 Å². The summed E-state index contributed by atoms with van der Waals surface area (Å²) in [5.41, 5.74) is -0.677. The van der Waals surface area contributed by atoms with Crippen LogP contribution in [0, 0.1) is 0 Å². The molecule has 1 heterocycles. The molecule has 0 saturated heterocycles. The van der Waals surface area contributed by atoms with Crippen molar-refractivity contribution < 1.29 is 18.3 Å². The van der Waals surface area contributed by atoms with E-state index in [1.807, 2.05) is 0 Å². The Morgan fingerprint density at radius 1 is 1.26 bits per heavy atom. The molecule has 0 amide bonds. The van der Waals surface area contributed by atoms with E-state index in [9.17, 15) is 18.3 Å². The SMILES string of the molecule is OCc1cc(Nc2ncc(Cl)c(NC3CCCC3)n2)cc(C(F)(F)F)c1Br. The van der Waals surface area contributed by atoms with Gasteiger partial charge in [-0.25, -0.2) is 4.98 Å². The zero-order valence-electron chi connectivity index (χ0n) is 14.1. The van der Waals surface area contributed by atoms with Crippen LogP contribution in [0.3, 0.4) is 0 Å². The molecule has 27 heavy (non-hydrogen) atoms. The Morgan fingerprint density at radius 3 is 2.59 bits per heavy atom. The van der Waals surface area contributed by atoms with E-state index in [1.165, 1.54) is 12.3 Å². The molecule has 0 aliphatic heterocycles. The van der Waals surface area contributed by atoms with Gasteiger partial charge >= 0.3 is 6.18 Å². The lowest BCUT2D eigenvalue weighted by Crippen LogP contribution is -2.16. The minimum Gasteiger partial charge on any atom is -0.392 e. The maximum atomic E-state index is 13.2. The summed E-state index contributed by atoms with van der Waals surface area (Å²) in [5, 5.41) is 15.7. The highest BCUT2D eigenvalue weighted by molar-refractivity contribution is 9.10. The number of halogens is 5. The smallest absolute Gasteiger partial charge is 0.392 e.